The molecule has 0 bridgehead atoms. The minimum Gasteiger partial charge on any atom is -0.352 e. The average Bonchev–Trinajstić information content (AvgIpc) is 2.35. The summed E-state index contributed by atoms with van der Waals surface area (Å²) in [5.41, 5.74) is 0.839. The highest BCUT2D eigenvalue weighted by Gasteiger charge is 2.08. The maximum atomic E-state index is 11.9. The van der Waals surface area contributed by atoms with E-state index in [1.807, 2.05) is 13.8 Å². The lowest BCUT2D eigenvalue weighted by molar-refractivity contribution is 0.0949. The van der Waals surface area contributed by atoms with E-state index in [-0.39, 0.29) is 11.5 Å². The second-order valence-electron chi connectivity index (χ2n) is 4.57. The van der Waals surface area contributed by atoms with Gasteiger partial charge in [-0.2, -0.15) is 0 Å². The fraction of sp³-hybridized carbons (Fsp3) is 0.308. The lowest BCUT2D eigenvalue weighted by Gasteiger charge is -2.07. The minimum atomic E-state index is -0.200. The lowest BCUT2D eigenvalue weighted by Crippen LogP contribution is -2.27. The van der Waals surface area contributed by atoms with Gasteiger partial charge in [-0.15, -0.1) is 0 Å². The molecule has 5 nitrogen and oxygen atoms in total. The van der Waals surface area contributed by atoms with Crippen molar-refractivity contribution in [2.75, 3.05) is 6.54 Å². The number of carbonyl (C=O) groups excluding carboxylic acids is 1. The van der Waals surface area contributed by atoms with Gasteiger partial charge in [0.25, 0.3) is 11.5 Å². The number of aromatic nitrogens is 2. The van der Waals surface area contributed by atoms with Crippen LogP contribution in [0.1, 0.15) is 24.2 Å². The van der Waals surface area contributed by atoms with Gasteiger partial charge in [0.05, 0.1) is 17.2 Å². The zero-order chi connectivity index (χ0) is 13.1. The van der Waals surface area contributed by atoms with Gasteiger partial charge in [0.2, 0.25) is 0 Å². The molecular weight excluding hydrogens is 230 g/mol. The van der Waals surface area contributed by atoms with E-state index >= 15 is 0 Å². The van der Waals surface area contributed by atoms with Crippen molar-refractivity contribution in [3.8, 4) is 0 Å². The maximum Gasteiger partial charge on any atom is 0.258 e. The van der Waals surface area contributed by atoms with Crippen LogP contribution in [0, 0.1) is 5.92 Å². The Morgan fingerprint density at radius 1 is 1.44 bits per heavy atom. The maximum absolute atomic E-state index is 11.9. The van der Waals surface area contributed by atoms with E-state index in [4.69, 9.17) is 0 Å². The number of amides is 1. The van der Waals surface area contributed by atoms with Crippen molar-refractivity contribution in [3.63, 3.8) is 0 Å². The predicted octanol–water partition coefficient (Wildman–Crippen LogP) is 1.31. The zero-order valence-corrected chi connectivity index (χ0v) is 10.4. The van der Waals surface area contributed by atoms with Crippen LogP contribution >= 0.6 is 0 Å². The Balaban J connectivity index is 2.30. The van der Waals surface area contributed by atoms with Crippen molar-refractivity contribution < 1.29 is 4.79 Å². The van der Waals surface area contributed by atoms with E-state index in [1.54, 1.807) is 18.2 Å². The highest BCUT2D eigenvalue weighted by atomic mass is 16.1. The summed E-state index contributed by atoms with van der Waals surface area (Å²) >= 11 is 0. The Bertz CT molecular complexity index is 631. The van der Waals surface area contributed by atoms with Crippen molar-refractivity contribution in [2.24, 2.45) is 5.92 Å². The summed E-state index contributed by atoms with van der Waals surface area (Å²) in [7, 11) is 0. The normalized spacial score (nSPS) is 10.8. The molecule has 0 spiro atoms. The van der Waals surface area contributed by atoms with Gasteiger partial charge in [-0.05, 0) is 24.1 Å². The molecule has 2 aromatic rings. The number of carbonyl (C=O) groups is 1. The second kappa shape index (κ2) is 5.00. The molecule has 0 atom stereocenters. The first kappa shape index (κ1) is 12.3. The van der Waals surface area contributed by atoms with Crippen LogP contribution in [0.3, 0.4) is 0 Å². The van der Waals surface area contributed by atoms with Crippen LogP contribution in [-0.2, 0) is 0 Å². The summed E-state index contributed by atoms with van der Waals surface area (Å²) in [6.07, 6.45) is 1.33. The molecule has 1 aromatic carbocycles. The topological polar surface area (TPSA) is 74.8 Å². The quantitative estimate of drug-likeness (QED) is 0.856. The SMILES string of the molecule is CC(C)CNC(=O)c1ccc2c(=O)[nH]cnc2c1. The largest absolute Gasteiger partial charge is 0.352 e. The van der Waals surface area contributed by atoms with Gasteiger partial charge < -0.3 is 10.3 Å². The Hall–Kier alpha value is -2.17. The fourth-order valence-electron chi connectivity index (χ4n) is 1.61. The third-order valence-electron chi connectivity index (χ3n) is 2.57. The zero-order valence-electron chi connectivity index (χ0n) is 10.4. The molecule has 0 radical (unpaired) electrons. The molecule has 2 rings (SSSR count). The molecular formula is C13H15N3O2. The van der Waals surface area contributed by atoms with Crippen LogP contribution in [0.2, 0.25) is 0 Å². The molecule has 5 heteroatoms. The first-order chi connectivity index (χ1) is 8.58. The standard InChI is InChI=1S/C13H15N3O2/c1-8(2)6-14-12(17)9-3-4-10-11(5-9)15-7-16-13(10)18/h3-5,7-8H,6H2,1-2H3,(H,14,17)(H,15,16,18). The molecule has 2 N–H and O–H groups in total. The van der Waals surface area contributed by atoms with Crippen LogP contribution in [0.5, 0.6) is 0 Å². The third-order valence-corrected chi connectivity index (χ3v) is 2.57. The Kier molecular flexibility index (Phi) is 3.41. The Morgan fingerprint density at radius 3 is 2.94 bits per heavy atom. The van der Waals surface area contributed by atoms with Gasteiger partial charge in [-0.3, -0.25) is 9.59 Å². The van der Waals surface area contributed by atoms with Crippen molar-refractivity contribution in [1.82, 2.24) is 15.3 Å². The van der Waals surface area contributed by atoms with Crippen molar-refractivity contribution in [3.05, 3.63) is 40.4 Å². The summed E-state index contributed by atoms with van der Waals surface area (Å²) in [6.45, 7) is 4.68. The summed E-state index contributed by atoms with van der Waals surface area (Å²) in [4.78, 5) is 29.9. The molecule has 0 aliphatic carbocycles. The number of rotatable bonds is 3. The molecule has 0 saturated carbocycles. The van der Waals surface area contributed by atoms with Crippen LogP contribution in [0.15, 0.2) is 29.3 Å². The molecule has 0 saturated heterocycles. The summed E-state index contributed by atoms with van der Waals surface area (Å²) in [5, 5.41) is 3.31. The van der Waals surface area contributed by atoms with Gasteiger partial charge in [-0.1, -0.05) is 13.8 Å². The summed E-state index contributed by atoms with van der Waals surface area (Å²) < 4.78 is 0. The van der Waals surface area contributed by atoms with E-state index in [0.717, 1.165) is 0 Å². The van der Waals surface area contributed by atoms with Gasteiger partial charge in [0, 0.05) is 12.1 Å². The van der Waals surface area contributed by atoms with Gasteiger partial charge in [-0.25, -0.2) is 4.98 Å². The Labute approximate surface area is 104 Å². The van der Waals surface area contributed by atoms with Crippen LogP contribution in [0.25, 0.3) is 10.9 Å². The van der Waals surface area contributed by atoms with Gasteiger partial charge >= 0.3 is 0 Å². The monoisotopic (exact) mass is 245 g/mol. The van der Waals surface area contributed by atoms with Crippen molar-refractivity contribution in [1.29, 1.82) is 0 Å². The van der Waals surface area contributed by atoms with Crippen molar-refractivity contribution in [2.45, 2.75) is 13.8 Å². The van der Waals surface area contributed by atoms with E-state index in [1.165, 1.54) is 6.33 Å². The highest BCUT2D eigenvalue weighted by molar-refractivity contribution is 5.97. The third kappa shape index (κ3) is 2.56. The summed E-state index contributed by atoms with van der Waals surface area (Å²) in [6, 6.07) is 4.88. The average molecular weight is 245 g/mol. The number of hydrogen-bond acceptors (Lipinski definition) is 3. The smallest absolute Gasteiger partial charge is 0.258 e. The van der Waals surface area contributed by atoms with Crippen LogP contribution < -0.4 is 10.9 Å². The molecule has 18 heavy (non-hydrogen) atoms. The molecule has 0 unspecified atom stereocenters. The first-order valence-corrected chi connectivity index (χ1v) is 5.83. The number of aromatic amines is 1. The van der Waals surface area contributed by atoms with E-state index in [0.29, 0.717) is 28.9 Å². The number of nitrogens with one attached hydrogen (secondary N) is 2. The molecule has 94 valence electrons. The molecule has 1 aromatic heterocycles. The number of hydrogen-bond donors (Lipinski definition) is 2. The molecule has 0 aliphatic heterocycles. The minimum absolute atomic E-state index is 0.146. The van der Waals surface area contributed by atoms with Crippen molar-refractivity contribution >= 4 is 16.8 Å². The van der Waals surface area contributed by atoms with E-state index in [2.05, 4.69) is 15.3 Å². The molecule has 1 amide bonds. The van der Waals surface area contributed by atoms with Crippen LogP contribution in [0.4, 0.5) is 0 Å². The van der Waals surface area contributed by atoms with Crippen LogP contribution in [-0.4, -0.2) is 22.4 Å². The highest BCUT2D eigenvalue weighted by Crippen LogP contribution is 2.09. The number of nitrogens with zero attached hydrogens (tertiary/aromatic N) is 1. The number of H-pyrrole nitrogens is 1. The summed E-state index contributed by atoms with van der Waals surface area (Å²) in [5.74, 6) is 0.253. The van der Waals surface area contributed by atoms with E-state index in [9.17, 15) is 9.59 Å². The second-order valence-corrected chi connectivity index (χ2v) is 4.57. The fourth-order valence-corrected chi connectivity index (χ4v) is 1.61. The van der Waals surface area contributed by atoms with Gasteiger partial charge in [0.1, 0.15) is 0 Å². The number of benzene rings is 1. The van der Waals surface area contributed by atoms with E-state index < -0.39 is 0 Å². The molecule has 0 fully saturated rings. The molecule has 0 aliphatic rings. The lowest BCUT2D eigenvalue weighted by atomic mass is 10.1. The Morgan fingerprint density at radius 2 is 2.22 bits per heavy atom. The van der Waals surface area contributed by atoms with Gasteiger partial charge in [0.15, 0.2) is 0 Å². The molecule has 1 heterocycles. The predicted molar refractivity (Wildman–Crippen MR) is 69.5 cm³/mol. The first-order valence-electron chi connectivity index (χ1n) is 5.83. The number of fused-ring (bicyclic) bond motifs is 1.